The van der Waals surface area contributed by atoms with E-state index in [1.165, 1.54) is 23.1 Å². The average molecular weight is 378 g/mol. The van der Waals surface area contributed by atoms with E-state index in [9.17, 15) is 4.79 Å². The minimum Gasteiger partial charge on any atom is -0.299 e. The smallest absolute Gasteiger partial charge is 0.146 e. The summed E-state index contributed by atoms with van der Waals surface area (Å²) in [7, 11) is 2.79. The van der Waals surface area contributed by atoms with Crippen LogP contribution >= 0.6 is 0 Å². The van der Waals surface area contributed by atoms with Crippen LogP contribution < -0.4 is 0 Å². The number of ketones is 1. The standard InChI is InChI=1S/C24H31NOSi/c1-25(2)24-17-21(26)23(15-10-9-13-20(23)24)22(18-11-7-6-8-12-18)19(24)14-16-27(3,4)5/h6-8,11-12,20H,9-10,13,15,17H2,1-5H3/t20-,23-,24-/m0/s1. The molecular weight excluding hydrogens is 346 g/mol. The van der Waals surface area contributed by atoms with Crippen molar-refractivity contribution in [2.24, 2.45) is 11.3 Å². The number of allylic oxidation sites excluding steroid dienone is 1. The summed E-state index contributed by atoms with van der Waals surface area (Å²) < 4.78 is 0. The minimum atomic E-state index is -1.52. The molecule has 3 aliphatic rings. The lowest BCUT2D eigenvalue weighted by Gasteiger charge is -2.42. The van der Waals surface area contributed by atoms with E-state index in [0.717, 1.165) is 19.3 Å². The predicted molar refractivity (Wildman–Crippen MR) is 115 cm³/mol. The van der Waals surface area contributed by atoms with Gasteiger partial charge in [-0.3, -0.25) is 9.69 Å². The highest BCUT2D eigenvalue weighted by Crippen LogP contribution is 2.70. The fourth-order valence-corrected chi connectivity index (χ4v) is 6.44. The van der Waals surface area contributed by atoms with Crippen LogP contribution in [0, 0.1) is 22.8 Å². The molecule has 2 bridgehead atoms. The van der Waals surface area contributed by atoms with Gasteiger partial charge in [0.1, 0.15) is 13.9 Å². The van der Waals surface area contributed by atoms with Gasteiger partial charge in [-0.2, -0.15) is 0 Å². The third-order valence-electron chi connectivity index (χ3n) is 6.96. The molecule has 27 heavy (non-hydrogen) atoms. The summed E-state index contributed by atoms with van der Waals surface area (Å²) >= 11 is 0. The zero-order chi connectivity index (χ0) is 19.4. The Labute approximate surface area is 165 Å². The summed E-state index contributed by atoms with van der Waals surface area (Å²) in [5.74, 6) is 4.53. The maximum atomic E-state index is 13.5. The van der Waals surface area contributed by atoms with E-state index in [4.69, 9.17) is 0 Å². The van der Waals surface area contributed by atoms with E-state index in [2.05, 4.69) is 80.4 Å². The lowest BCUT2D eigenvalue weighted by molar-refractivity contribution is -0.125. The lowest BCUT2D eigenvalue weighted by Crippen LogP contribution is -2.48. The molecule has 0 N–H and O–H groups in total. The van der Waals surface area contributed by atoms with Gasteiger partial charge in [0, 0.05) is 12.0 Å². The molecule has 2 saturated carbocycles. The van der Waals surface area contributed by atoms with Crippen LogP contribution in [0.25, 0.3) is 5.57 Å². The van der Waals surface area contributed by atoms with Crippen LogP contribution in [0.1, 0.15) is 37.7 Å². The predicted octanol–water partition coefficient (Wildman–Crippen LogP) is 4.78. The summed E-state index contributed by atoms with van der Waals surface area (Å²) in [6, 6.07) is 10.6. The van der Waals surface area contributed by atoms with E-state index in [-0.39, 0.29) is 11.0 Å². The summed E-state index contributed by atoms with van der Waals surface area (Å²) in [4.78, 5) is 15.9. The van der Waals surface area contributed by atoms with Crippen LogP contribution in [0.15, 0.2) is 35.9 Å². The van der Waals surface area contributed by atoms with Crippen molar-refractivity contribution in [1.82, 2.24) is 4.90 Å². The summed E-state index contributed by atoms with van der Waals surface area (Å²) in [5.41, 5.74) is 6.85. The number of carbonyl (C=O) groups is 1. The third-order valence-corrected chi connectivity index (χ3v) is 7.84. The molecule has 0 unspecified atom stereocenters. The van der Waals surface area contributed by atoms with Gasteiger partial charge in [-0.1, -0.05) is 68.7 Å². The van der Waals surface area contributed by atoms with Crippen LogP contribution in [0.4, 0.5) is 0 Å². The number of nitrogens with zero attached hydrogens (tertiary/aromatic N) is 1. The Kier molecular flexibility index (Phi) is 4.29. The molecule has 0 spiro atoms. The van der Waals surface area contributed by atoms with Crippen molar-refractivity contribution in [2.45, 2.75) is 57.3 Å². The molecule has 3 aliphatic carbocycles. The zero-order valence-corrected chi connectivity index (χ0v) is 18.4. The van der Waals surface area contributed by atoms with Gasteiger partial charge in [-0.25, -0.2) is 0 Å². The van der Waals surface area contributed by atoms with Gasteiger partial charge in [0.15, 0.2) is 0 Å². The van der Waals surface area contributed by atoms with Crippen LogP contribution in [-0.2, 0) is 4.79 Å². The SMILES string of the molecule is CN(C)[C@]12CC(=O)[C@@]3(CCCC[C@@H]31)C(c1ccccc1)=C2C#C[Si](C)(C)C. The van der Waals surface area contributed by atoms with Gasteiger partial charge >= 0.3 is 0 Å². The Morgan fingerprint density at radius 1 is 1.11 bits per heavy atom. The quantitative estimate of drug-likeness (QED) is 0.546. The highest BCUT2D eigenvalue weighted by Gasteiger charge is 2.71. The van der Waals surface area contributed by atoms with E-state index in [1.54, 1.807) is 0 Å². The second kappa shape index (κ2) is 6.19. The first-order chi connectivity index (χ1) is 12.7. The van der Waals surface area contributed by atoms with Gasteiger partial charge in [0.25, 0.3) is 0 Å². The lowest BCUT2D eigenvalue weighted by atomic mass is 9.64. The Morgan fingerprint density at radius 3 is 2.44 bits per heavy atom. The summed E-state index contributed by atoms with van der Waals surface area (Å²) in [6.45, 7) is 6.90. The second-order valence-corrected chi connectivity index (χ2v) is 14.6. The molecule has 0 aromatic heterocycles. The molecule has 0 heterocycles. The second-order valence-electron chi connectivity index (χ2n) is 9.80. The first-order valence-electron chi connectivity index (χ1n) is 10.3. The molecule has 0 amide bonds. The van der Waals surface area contributed by atoms with E-state index in [1.807, 2.05) is 0 Å². The monoisotopic (exact) mass is 377 g/mol. The molecule has 2 fully saturated rings. The largest absolute Gasteiger partial charge is 0.299 e. The number of likely N-dealkylation sites (N-methyl/N-ethyl adjacent to an activating group) is 1. The van der Waals surface area contributed by atoms with Crippen molar-refractivity contribution in [2.75, 3.05) is 14.1 Å². The fourth-order valence-electron chi connectivity index (χ4n) is 5.94. The highest BCUT2D eigenvalue weighted by molar-refractivity contribution is 6.83. The van der Waals surface area contributed by atoms with Gasteiger partial charge in [0.2, 0.25) is 0 Å². The van der Waals surface area contributed by atoms with E-state index in [0.29, 0.717) is 18.1 Å². The molecule has 0 radical (unpaired) electrons. The number of Topliss-reactive ketones (excluding diaryl/α,β-unsaturated/α-hetero) is 1. The maximum absolute atomic E-state index is 13.5. The maximum Gasteiger partial charge on any atom is 0.146 e. The van der Waals surface area contributed by atoms with Gasteiger partial charge < -0.3 is 0 Å². The van der Waals surface area contributed by atoms with Crippen molar-refractivity contribution in [3.05, 3.63) is 41.5 Å². The fraction of sp³-hybridized carbons (Fsp3) is 0.542. The Balaban J connectivity index is 2.06. The van der Waals surface area contributed by atoms with E-state index >= 15 is 0 Å². The minimum absolute atomic E-state index is 0.213. The third kappa shape index (κ3) is 2.53. The number of hydrogen-bond acceptors (Lipinski definition) is 2. The van der Waals surface area contributed by atoms with Crippen molar-refractivity contribution in [3.63, 3.8) is 0 Å². The number of hydrogen-bond donors (Lipinski definition) is 0. The van der Waals surface area contributed by atoms with Crippen LogP contribution in [0.3, 0.4) is 0 Å². The van der Waals surface area contributed by atoms with Crippen LogP contribution in [0.5, 0.6) is 0 Å². The molecule has 3 atom stereocenters. The number of benzene rings is 1. The number of rotatable bonds is 2. The molecular formula is C24H31NOSi. The van der Waals surface area contributed by atoms with E-state index < -0.39 is 8.07 Å². The normalized spacial score (nSPS) is 32.5. The van der Waals surface area contributed by atoms with Crippen molar-refractivity contribution in [1.29, 1.82) is 0 Å². The Morgan fingerprint density at radius 2 is 1.81 bits per heavy atom. The molecule has 0 saturated heterocycles. The first kappa shape index (κ1) is 18.7. The summed E-state index contributed by atoms with van der Waals surface area (Å²) in [6.07, 6.45) is 5.15. The van der Waals surface area contributed by atoms with Crippen LogP contribution in [-0.4, -0.2) is 38.4 Å². The van der Waals surface area contributed by atoms with Crippen molar-refractivity contribution < 1.29 is 4.79 Å². The molecule has 2 nitrogen and oxygen atoms in total. The molecule has 1 aromatic carbocycles. The van der Waals surface area contributed by atoms with Crippen molar-refractivity contribution >= 4 is 19.4 Å². The van der Waals surface area contributed by atoms with Crippen molar-refractivity contribution in [3.8, 4) is 11.5 Å². The molecule has 1 aromatic rings. The van der Waals surface area contributed by atoms with Crippen LogP contribution in [0.2, 0.25) is 19.6 Å². The zero-order valence-electron chi connectivity index (χ0n) is 17.4. The van der Waals surface area contributed by atoms with Gasteiger partial charge in [-0.15, -0.1) is 5.54 Å². The molecule has 4 rings (SSSR count). The Hall–Kier alpha value is -1.63. The topological polar surface area (TPSA) is 20.3 Å². The molecule has 0 aliphatic heterocycles. The van der Waals surface area contributed by atoms with Gasteiger partial charge in [0.05, 0.1) is 11.0 Å². The summed E-state index contributed by atoms with van der Waals surface area (Å²) in [5, 5.41) is 0. The molecule has 142 valence electrons. The average Bonchev–Trinajstić information content (AvgIpc) is 3.04. The highest BCUT2D eigenvalue weighted by atomic mass is 28.3. The first-order valence-corrected chi connectivity index (χ1v) is 13.8. The Bertz CT molecular complexity index is 867. The van der Waals surface area contributed by atoms with Gasteiger partial charge in [-0.05, 0) is 44.0 Å². The molecule has 3 heteroatoms. The number of carbonyl (C=O) groups excluding carboxylic acids is 1.